The van der Waals surface area contributed by atoms with Crippen molar-refractivity contribution in [2.45, 2.75) is 39.2 Å². The van der Waals surface area contributed by atoms with Crippen LogP contribution in [0.4, 0.5) is 5.69 Å². The lowest BCUT2D eigenvalue weighted by Crippen LogP contribution is -2.29. The van der Waals surface area contributed by atoms with Crippen molar-refractivity contribution in [1.29, 1.82) is 0 Å². The summed E-state index contributed by atoms with van der Waals surface area (Å²) < 4.78 is 5.50. The Morgan fingerprint density at radius 1 is 0.971 bits per heavy atom. The molecule has 1 heterocycles. The summed E-state index contributed by atoms with van der Waals surface area (Å²) in [4.78, 5) is 28.2. The van der Waals surface area contributed by atoms with Crippen LogP contribution < -0.4 is 9.64 Å². The molecule has 1 saturated heterocycles. The number of nitrogens with zero attached hydrogens (tertiary/aromatic N) is 1. The Morgan fingerprint density at radius 2 is 1.66 bits per heavy atom. The summed E-state index contributed by atoms with van der Waals surface area (Å²) in [6.07, 6.45) is 0. The number of phenolic OH excluding ortho intramolecular Hbond substituents is 1. The van der Waals surface area contributed by atoms with Crippen molar-refractivity contribution in [1.82, 2.24) is 0 Å². The number of carbonyl (C=O) groups excluding carboxylic acids is 2. The Bertz CT molecular complexity index is 1330. The molecule has 2 N–H and O–H groups in total. The lowest BCUT2D eigenvalue weighted by Gasteiger charge is -2.26. The van der Waals surface area contributed by atoms with Gasteiger partial charge in [0.25, 0.3) is 11.7 Å². The van der Waals surface area contributed by atoms with E-state index in [1.807, 2.05) is 52.0 Å². The van der Waals surface area contributed by atoms with E-state index in [-0.39, 0.29) is 22.5 Å². The number of benzene rings is 3. The number of carbonyl (C=O) groups is 2. The van der Waals surface area contributed by atoms with E-state index < -0.39 is 17.7 Å². The van der Waals surface area contributed by atoms with Gasteiger partial charge in [0.05, 0.1) is 24.3 Å². The lowest BCUT2D eigenvalue weighted by molar-refractivity contribution is -0.132. The number of aromatic hydroxyl groups is 1. The van der Waals surface area contributed by atoms with E-state index in [4.69, 9.17) is 4.74 Å². The molecule has 4 rings (SSSR count). The van der Waals surface area contributed by atoms with Crippen molar-refractivity contribution < 1.29 is 24.5 Å². The molecule has 1 unspecified atom stereocenters. The molecule has 0 spiro atoms. The highest BCUT2D eigenvalue weighted by molar-refractivity contribution is 6.51. The van der Waals surface area contributed by atoms with Gasteiger partial charge in [0.15, 0.2) is 0 Å². The van der Waals surface area contributed by atoms with E-state index in [9.17, 15) is 19.8 Å². The third-order valence-corrected chi connectivity index (χ3v) is 6.25. The second kappa shape index (κ2) is 8.95. The van der Waals surface area contributed by atoms with Crippen molar-refractivity contribution in [3.63, 3.8) is 0 Å². The maximum atomic E-state index is 13.4. The van der Waals surface area contributed by atoms with Crippen LogP contribution in [0.2, 0.25) is 0 Å². The van der Waals surface area contributed by atoms with Gasteiger partial charge >= 0.3 is 0 Å². The Hall–Kier alpha value is -4.06. The predicted octanol–water partition coefficient (Wildman–Crippen LogP) is 5.63. The first kappa shape index (κ1) is 24.1. The highest BCUT2D eigenvalue weighted by atomic mass is 16.5. The second-order valence-corrected chi connectivity index (χ2v) is 9.76. The first-order chi connectivity index (χ1) is 16.5. The number of ketones is 1. The highest BCUT2D eigenvalue weighted by Gasteiger charge is 2.47. The van der Waals surface area contributed by atoms with Crippen LogP contribution in [-0.2, 0) is 15.0 Å². The van der Waals surface area contributed by atoms with Gasteiger partial charge in [0, 0.05) is 5.69 Å². The van der Waals surface area contributed by atoms with Gasteiger partial charge in [-0.25, -0.2) is 0 Å². The number of Topliss-reactive ketones (excluding diaryl/α,β-unsaturated/α-hetero) is 1. The van der Waals surface area contributed by atoms with E-state index >= 15 is 0 Å². The smallest absolute Gasteiger partial charge is 0.300 e. The van der Waals surface area contributed by atoms with E-state index in [1.165, 1.54) is 24.1 Å². The Labute approximate surface area is 205 Å². The quantitative estimate of drug-likeness (QED) is 0.292. The fourth-order valence-corrected chi connectivity index (χ4v) is 4.35. The van der Waals surface area contributed by atoms with Crippen LogP contribution in [-0.4, -0.2) is 29.0 Å². The molecule has 6 nitrogen and oxygen atoms in total. The molecule has 1 aliphatic rings. The number of hydrogen-bond acceptors (Lipinski definition) is 5. The fourth-order valence-electron chi connectivity index (χ4n) is 4.35. The molecule has 0 bridgehead atoms. The van der Waals surface area contributed by atoms with Crippen molar-refractivity contribution in [3.8, 4) is 11.5 Å². The standard InChI is InChI=1S/C29H29NO5/c1-17-7-6-8-20(15-17)30-25(18-9-12-21(31)13-10-18)24(27(33)28(30)34)26(32)22-16-19(29(2,3)4)11-14-23(22)35-5/h6-16,25,31-32H,1-5H3/b26-24+. The number of methoxy groups -OCH3 is 1. The zero-order chi connectivity index (χ0) is 25.5. The second-order valence-electron chi connectivity index (χ2n) is 9.76. The van der Waals surface area contributed by atoms with E-state index in [1.54, 1.807) is 30.3 Å². The minimum Gasteiger partial charge on any atom is -0.508 e. The van der Waals surface area contributed by atoms with Gasteiger partial charge in [-0.05, 0) is 65.4 Å². The van der Waals surface area contributed by atoms with Gasteiger partial charge in [-0.2, -0.15) is 0 Å². The number of aliphatic hydroxyl groups excluding tert-OH is 1. The average Bonchev–Trinajstić information content (AvgIpc) is 3.08. The van der Waals surface area contributed by atoms with Crippen LogP contribution >= 0.6 is 0 Å². The largest absolute Gasteiger partial charge is 0.508 e. The van der Waals surface area contributed by atoms with Gasteiger partial charge in [-0.15, -0.1) is 0 Å². The predicted molar refractivity (Wildman–Crippen MR) is 136 cm³/mol. The maximum Gasteiger partial charge on any atom is 0.300 e. The summed E-state index contributed by atoms with van der Waals surface area (Å²) in [5, 5.41) is 21.4. The molecule has 1 atom stereocenters. The molecule has 35 heavy (non-hydrogen) atoms. The van der Waals surface area contributed by atoms with Gasteiger partial charge in [0.1, 0.15) is 17.3 Å². The van der Waals surface area contributed by atoms with Crippen molar-refractivity contribution >= 4 is 23.1 Å². The normalized spacial score (nSPS) is 17.6. The number of rotatable bonds is 4. The fraction of sp³-hybridized carbons (Fsp3) is 0.241. The summed E-state index contributed by atoms with van der Waals surface area (Å²) in [7, 11) is 1.49. The molecule has 0 radical (unpaired) electrons. The molecular weight excluding hydrogens is 442 g/mol. The van der Waals surface area contributed by atoms with Crippen LogP contribution in [0.5, 0.6) is 11.5 Å². The third kappa shape index (κ3) is 4.39. The SMILES string of the molecule is COc1ccc(C(C)(C)C)cc1/C(O)=C1\C(=O)C(=O)N(c2cccc(C)c2)C1c1ccc(O)cc1. The first-order valence-electron chi connectivity index (χ1n) is 11.4. The number of amides is 1. The maximum absolute atomic E-state index is 13.4. The molecular formula is C29H29NO5. The van der Waals surface area contributed by atoms with E-state index in [2.05, 4.69) is 0 Å². The van der Waals surface area contributed by atoms with Crippen LogP contribution in [0, 0.1) is 6.92 Å². The van der Waals surface area contributed by atoms with E-state index in [0.717, 1.165) is 11.1 Å². The lowest BCUT2D eigenvalue weighted by atomic mass is 9.85. The van der Waals surface area contributed by atoms with E-state index in [0.29, 0.717) is 22.6 Å². The highest BCUT2D eigenvalue weighted by Crippen LogP contribution is 2.44. The molecule has 180 valence electrons. The molecule has 1 amide bonds. The van der Waals surface area contributed by atoms with Crippen LogP contribution in [0.3, 0.4) is 0 Å². The van der Waals surface area contributed by atoms with Gasteiger partial charge < -0.3 is 14.9 Å². The van der Waals surface area contributed by atoms with Crippen molar-refractivity contribution in [3.05, 3.63) is 94.6 Å². The van der Waals surface area contributed by atoms with Crippen molar-refractivity contribution in [2.24, 2.45) is 0 Å². The topological polar surface area (TPSA) is 87.1 Å². The van der Waals surface area contributed by atoms with Gasteiger partial charge in [-0.1, -0.05) is 51.1 Å². The minimum absolute atomic E-state index is 0.0356. The summed E-state index contributed by atoms with van der Waals surface area (Å²) in [5.74, 6) is -1.38. The number of aryl methyl sites for hydroxylation is 1. The monoisotopic (exact) mass is 471 g/mol. The zero-order valence-corrected chi connectivity index (χ0v) is 20.5. The molecule has 1 aliphatic heterocycles. The number of aliphatic hydroxyl groups is 1. The van der Waals surface area contributed by atoms with Gasteiger partial charge in [-0.3, -0.25) is 14.5 Å². The summed E-state index contributed by atoms with van der Waals surface area (Å²) >= 11 is 0. The number of anilines is 1. The molecule has 6 heteroatoms. The summed E-state index contributed by atoms with van der Waals surface area (Å²) in [6.45, 7) is 8.04. The molecule has 0 aromatic heterocycles. The number of phenols is 1. The van der Waals surface area contributed by atoms with Gasteiger partial charge in [0.2, 0.25) is 0 Å². The zero-order valence-electron chi connectivity index (χ0n) is 20.5. The Morgan fingerprint density at radius 3 is 2.26 bits per heavy atom. The molecule has 3 aromatic rings. The Kier molecular flexibility index (Phi) is 6.15. The minimum atomic E-state index is -0.889. The average molecular weight is 472 g/mol. The molecule has 1 fully saturated rings. The summed E-state index contributed by atoms with van der Waals surface area (Å²) in [6, 6.07) is 18.1. The van der Waals surface area contributed by atoms with Crippen LogP contribution in [0.15, 0.2) is 72.3 Å². The molecule has 3 aromatic carbocycles. The number of ether oxygens (including phenoxy) is 1. The number of hydrogen-bond donors (Lipinski definition) is 2. The summed E-state index contributed by atoms with van der Waals surface area (Å²) in [5.41, 5.74) is 3.07. The van der Waals surface area contributed by atoms with Crippen LogP contribution in [0.25, 0.3) is 5.76 Å². The third-order valence-electron chi connectivity index (χ3n) is 6.25. The Balaban J connectivity index is 2.00. The molecule has 0 saturated carbocycles. The molecule has 0 aliphatic carbocycles. The van der Waals surface area contributed by atoms with Crippen molar-refractivity contribution in [2.75, 3.05) is 12.0 Å². The first-order valence-corrected chi connectivity index (χ1v) is 11.4. The van der Waals surface area contributed by atoms with Crippen LogP contribution in [0.1, 0.15) is 49.1 Å².